The van der Waals surface area contributed by atoms with E-state index in [1.165, 1.54) is 6.33 Å². The minimum Gasteiger partial charge on any atom is -0.382 e. The smallest absolute Gasteiger partial charge is 0.323 e. The average Bonchev–Trinajstić information content (AvgIpc) is 3.32. The van der Waals surface area contributed by atoms with Crippen molar-refractivity contribution in [3.8, 4) is 11.1 Å². The summed E-state index contributed by atoms with van der Waals surface area (Å²) in [5, 5.41) is 13.5. The molecule has 0 saturated carbocycles. The highest BCUT2D eigenvalue weighted by Gasteiger charge is 2.28. The van der Waals surface area contributed by atoms with Gasteiger partial charge in [-0.15, -0.1) is 0 Å². The Labute approximate surface area is 243 Å². The number of nitrogen functional groups attached to an aromatic ring is 1. The topological polar surface area (TPSA) is 139 Å². The van der Waals surface area contributed by atoms with Crippen LogP contribution in [0.25, 0.3) is 16.6 Å². The number of ether oxygens (including phenoxy) is 1. The molecule has 3 heterocycles. The first kappa shape index (κ1) is 28.3. The van der Waals surface area contributed by atoms with Gasteiger partial charge in [-0.05, 0) is 56.2 Å². The maximum Gasteiger partial charge on any atom is 0.323 e. The molecule has 5 rings (SSSR count). The number of rotatable bonds is 7. The standard InChI is InChI=1S/C29H33ClN8O3/c1-18-4-9-22(30)23(14-18)35-28(40)34-20-7-5-19(6-8-20)24-21(15-38-25(24)26(31)32-17-33-38)27(39)36-29(2,3)16-37-10-12-41-13-11-37/h4-9,14-15,17H,10-13,16H2,1-3H3,(H,36,39)(H2,31,32,33)(H2,34,35,40). The first-order valence-corrected chi connectivity index (χ1v) is 13.7. The van der Waals surface area contributed by atoms with Crippen molar-refractivity contribution in [2.75, 3.05) is 49.2 Å². The van der Waals surface area contributed by atoms with Gasteiger partial charge in [0.1, 0.15) is 11.8 Å². The third-order valence-corrected chi connectivity index (χ3v) is 7.15. The summed E-state index contributed by atoms with van der Waals surface area (Å²) in [6.07, 6.45) is 3.01. The number of aryl methyl sites for hydroxylation is 1. The van der Waals surface area contributed by atoms with E-state index in [4.69, 9.17) is 22.1 Å². The molecule has 0 aliphatic carbocycles. The first-order chi connectivity index (χ1) is 19.6. The van der Waals surface area contributed by atoms with Crippen molar-refractivity contribution in [1.82, 2.24) is 24.8 Å². The third kappa shape index (κ3) is 6.59. The number of hydrogen-bond acceptors (Lipinski definition) is 7. The van der Waals surface area contributed by atoms with E-state index in [0.717, 1.165) is 24.2 Å². The Morgan fingerprint density at radius 3 is 2.56 bits per heavy atom. The zero-order valence-electron chi connectivity index (χ0n) is 23.2. The predicted octanol–water partition coefficient (Wildman–Crippen LogP) is 4.42. The molecule has 1 saturated heterocycles. The molecule has 214 valence electrons. The van der Waals surface area contributed by atoms with Gasteiger partial charge in [-0.3, -0.25) is 9.69 Å². The molecule has 12 heteroatoms. The fourth-order valence-electron chi connectivity index (χ4n) is 4.97. The number of morpholine rings is 1. The summed E-state index contributed by atoms with van der Waals surface area (Å²) in [6.45, 7) is 9.61. The number of hydrogen-bond donors (Lipinski definition) is 4. The number of aromatic nitrogens is 3. The number of nitrogens with one attached hydrogen (secondary N) is 3. The predicted molar refractivity (Wildman–Crippen MR) is 160 cm³/mol. The molecule has 2 aromatic heterocycles. The van der Waals surface area contributed by atoms with Crippen LogP contribution in [0.2, 0.25) is 5.02 Å². The molecule has 0 bridgehead atoms. The lowest BCUT2D eigenvalue weighted by Gasteiger charge is -2.35. The number of halogens is 1. The SMILES string of the molecule is Cc1ccc(Cl)c(NC(=O)Nc2ccc(-c3c(C(=O)NC(C)(C)CN4CCOCC4)cn4ncnc(N)c34)cc2)c1. The van der Waals surface area contributed by atoms with Gasteiger partial charge in [-0.1, -0.05) is 29.8 Å². The Bertz CT molecular complexity index is 1580. The van der Waals surface area contributed by atoms with Gasteiger partial charge in [0.05, 0.1) is 29.5 Å². The maximum atomic E-state index is 13.7. The van der Waals surface area contributed by atoms with Crippen LogP contribution in [-0.4, -0.2) is 69.8 Å². The van der Waals surface area contributed by atoms with Crippen LogP contribution in [0.4, 0.5) is 22.0 Å². The second kappa shape index (κ2) is 11.7. The monoisotopic (exact) mass is 576 g/mol. The van der Waals surface area contributed by atoms with Gasteiger partial charge < -0.3 is 26.4 Å². The summed E-state index contributed by atoms with van der Waals surface area (Å²) in [6, 6.07) is 12.1. The summed E-state index contributed by atoms with van der Waals surface area (Å²) in [7, 11) is 0. The number of carbonyl (C=O) groups excluding carboxylic acids is 2. The molecule has 1 fully saturated rings. The number of amides is 3. The van der Waals surface area contributed by atoms with Crippen molar-refractivity contribution < 1.29 is 14.3 Å². The Kier molecular flexibility index (Phi) is 8.11. The van der Waals surface area contributed by atoms with Gasteiger partial charge in [0, 0.05) is 42.6 Å². The Balaban J connectivity index is 1.38. The van der Waals surface area contributed by atoms with Crippen LogP contribution in [0.15, 0.2) is 55.0 Å². The summed E-state index contributed by atoms with van der Waals surface area (Å²) in [5.41, 5.74) is 10.1. The van der Waals surface area contributed by atoms with E-state index in [-0.39, 0.29) is 11.7 Å². The van der Waals surface area contributed by atoms with Crippen LogP contribution < -0.4 is 21.7 Å². The van der Waals surface area contributed by atoms with E-state index in [1.807, 2.05) is 39.0 Å². The molecule has 1 aliphatic heterocycles. The molecular weight excluding hydrogens is 544 g/mol. The normalized spacial score (nSPS) is 14.1. The van der Waals surface area contributed by atoms with Crippen LogP contribution in [0.1, 0.15) is 29.8 Å². The molecule has 41 heavy (non-hydrogen) atoms. The Hall–Kier alpha value is -4.19. The summed E-state index contributed by atoms with van der Waals surface area (Å²) in [5.74, 6) is -0.00184. The molecular formula is C29H33ClN8O3. The minimum atomic E-state index is -0.502. The van der Waals surface area contributed by atoms with Crippen LogP contribution in [0.5, 0.6) is 0 Å². The van der Waals surface area contributed by atoms with Gasteiger partial charge in [-0.25, -0.2) is 14.3 Å². The highest BCUT2D eigenvalue weighted by molar-refractivity contribution is 6.33. The fraction of sp³-hybridized carbons (Fsp3) is 0.310. The van der Waals surface area contributed by atoms with E-state index >= 15 is 0 Å². The molecule has 0 unspecified atom stereocenters. The van der Waals surface area contributed by atoms with Crippen molar-refractivity contribution in [1.29, 1.82) is 0 Å². The average molecular weight is 577 g/mol. The van der Waals surface area contributed by atoms with E-state index in [2.05, 4.69) is 30.9 Å². The van der Waals surface area contributed by atoms with Crippen molar-refractivity contribution in [2.24, 2.45) is 0 Å². The summed E-state index contributed by atoms with van der Waals surface area (Å²) in [4.78, 5) is 32.7. The Morgan fingerprint density at radius 2 is 1.83 bits per heavy atom. The number of benzene rings is 2. The van der Waals surface area contributed by atoms with Gasteiger partial charge in [0.2, 0.25) is 0 Å². The van der Waals surface area contributed by atoms with E-state index in [0.29, 0.717) is 52.8 Å². The lowest BCUT2D eigenvalue weighted by Crippen LogP contribution is -2.53. The van der Waals surface area contributed by atoms with Crippen LogP contribution in [0.3, 0.4) is 0 Å². The number of urea groups is 1. The lowest BCUT2D eigenvalue weighted by atomic mass is 9.99. The molecule has 0 radical (unpaired) electrons. The molecule has 0 atom stereocenters. The largest absolute Gasteiger partial charge is 0.382 e. The zero-order valence-corrected chi connectivity index (χ0v) is 24.0. The highest BCUT2D eigenvalue weighted by Crippen LogP contribution is 2.33. The van der Waals surface area contributed by atoms with Crippen LogP contribution in [-0.2, 0) is 4.74 Å². The second-order valence-corrected chi connectivity index (χ2v) is 11.1. The second-order valence-electron chi connectivity index (χ2n) is 10.7. The first-order valence-electron chi connectivity index (χ1n) is 13.3. The molecule has 2 aromatic carbocycles. The van der Waals surface area contributed by atoms with Crippen LogP contribution >= 0.6 is 11.6 Å². The van der Waals surface area contributed by atoms with Crippen molar-refractivity contribution in [3.05, 3.63) is 71.1 Å². The lowest BCUT2D eigenvalue weighted by molar-refractivity contribution is 0.0269. The number of anilines is 3. The minimum absolute atomic E-state index is 0.248. The third-order valence-electron chi connectivity index (χ3n) is 6.82. The van der Waals surface area contributed by atoms with Crippen molar-refractivity contribution >= 4 is 46.2 Å². The quantitative estimate of drug-likeness (QED) is 0.255. The molecule has 1 aliphatic rings. The van der Waals surface area contributed by atoms with E-state index in [1.54, 1.807) is 35.0 Å². The fourth-order valence-corrected chi connectivity index (χ4v) is 5.14. The molecule has 0 spiro atoms. The van der Waals surface area contributed by atoms with Crippen molar-refractivity contribution in [3.63, 3.8) is 0 Å². The highest BCUT2D eigenvalue weighted by atomic mass is 35.5. The van der Waals surface area contributed by atoms with E-state index < -0.39 is 11.6 Å². The number of nitrogens with two attached hydrogens (primary N) is 1. The molecule has 4 aromatic rings. The zero-order chi connectivity index (χ0) is 29.1. The molecule has 3 amide bonds. The summed E-state index contributed by atoms with van der Waals surface area (Å²) < 4.78 is 7.01. The van der Waals surface area contributed by atoms with Crippen LogP contribution in [0, 0.1) is 6.92 Å². The molecule has 11 nitrogen and oxygen atoms in total. The summed E-state index contributed by atoms with van der Waals surface area (Å²) >= 11 is 6.21. The van der Waals surface area contributed by atoms with Crippen molar-refractivity contribution in [2.45, 2.75) is 26.3 Å². The van der Waals surface area contributed by atoms with Gasteiger partial charge in [0.25, 0.3) is 5.91 Å². The van der Waals surface area contributed by atoms with Gasteiger partial charge >= 0.3 is 6.03 Å². The van der Waals surface area contributed by atoms with E-state index in [9.17, 15) is 9.59 Å². The Morgan fingerprint density at radius 1 is 1.10 bits per heavy atom. The number of carbonyl (C=O) groups is 2. The number of nitrogens with zero attached hydrogens (tertiary/aromatic N) is 4. The molecule has 5 N–H and O–H groups in total. The van der Waals surface area contributed by atoms with Gasteiger partial charge in [0.15, 0.2) is 5.82 Å². The van der Waals surface area contributed by atoms with Gasteiger partial charge in [-0.2, -0.15) is 5.10 Å². The maximum absolute atomic E-state index is 13.7. The number of fused-ring (bicyclic) bond motifs is 1.